The molecule has 3 N–H and O–H groups in total. The monoisotopic (exact) mass is 476 g/mol. The van der Waals surface area contributed by atoms with Crippen LogP contribution in [0.15, 0.2) is 48.2 Å². The minimum Gasteiger partial charge on any atom is -0.446 e. The SMILES string of the molecule is O=C(NCc1cccs1)OC1CCc2c(sc3ncnc(Nc4ccc5[nH]ncc5c4)c23)C1. The van der Waals surface area contributed by atoms with Gasteiger partial charge < -0.3 is 15.4 Å². The molecule has 1 aliphatic rings. The molecule has 0 spiro atoms. The fourth-order valence-electron chi connectivity index (χ4n) is 4.20. The van der Waals surface area contributed by atoms with Crippen LogP contribution in [0.25, 0.3) is 21.1 Å². The van der Waals surface area contributed by atoms with Gasteiger partial charge in [-0.2, -0.15) is 5.10 Å². The molecule has 0 bridgehead atoms. The topological polar surface area (TPSA) is 105 Å². The number of alkyl carbamates (subject to hydrolysis) is 1. The standard InChI is InChI=1S/C23H20N6O2S2/c30-23(24-11-16-2-1-7-32-16)31-15-4-5-17-19(9-15)33-22-20(17)21(25-12-26-22)28-14-3-6-18-13(8-14)10-27-29-18/h1-3,6-8,10,12,15H,4-5,9,11H2,(H,24,30)(H,27,29)(H,25,26,28). The summed E-state index contributed by atoms with van der Waals surface area (Å²) in [5, 5.41) is 17.4. The first-order chi connectivity index (χ1) is 16.2. The highest BCUT2D eigenvalue weighted by Crippen LogP contribution is 2.39. The first-order valence-corrected chi connectivity index (χ1v) is 12.3. The first-order valence-electron chi connectivity index (χ1n) is 10.7. The highest BCUT2D eigenvalue weighted by Gasteiger charge is 2.27. The lowest BCUT2D eigenvalue weighted by Crippen LogP contribution is -2.31. The molecule has 5 aromatic rings. The number of ether oxygens (including phenoxy) is 1. The summed E-state index contributed by atoms with van der Waals surface area (Å²) in [6, 6.07) is 10.0. The van der Waals surface area contributed by atoms with Gasteiger partial charge in [-0.15, -0.1) is 22.7 Å². The third kappa shape index (κ3) is 4.03. The van der Waals surface area contributed by atoms with Crippen LogP contribution >= 0.6 is 22.7 Å². The van der Waals surface area contributed by atoms with Crippen LogP contribution in [0.2, 0.25) is 0 Å². The molecule has 0 fully saturated rings. The van der Waals surface area contributed by atoms with Crippen LogP contribution in [-0.2, 0) is 24.1 Å². The summed E-state index contributed by atoms with van der Waals surface area (Å²) >= 11 is 3.27. The molecule has 8 nitrogen and oxygen atoms in total. The van der Waals surface area contributed by atoms with E-state index in [0.717, 1.165) is 50.3 Å². The Morgan fingerprint density at radius 2 is 2.24 bits per heavy atom. The Morgan fingerprint density at radius 3 is 3.15 bits per heavy atom. The summed E-state index contributed by atoms with van der Waals surface area (Å²) in [5.74, 6) is 0.799. The molecule has 4 heterocycles. The van der Waals surface area contributed by atoms with Crippen molar-refractivity contribution in [2.24, 2.45) is 0 Å². The zero-order chi connectivity index (χ0) is 22.2. The number of H-pyrrole nitrogens is 1. The van der Waals surface area contributed by atoms with Crippen LogP contribution in [-0.4, -0.2) is 32.4 Å². The van der Waals surface area contributed by atoms with Gasteiger partial charge in [0.2, 0.25) is 0 Å². The summed E-state index contributed by atoms with van der Waals surface area (Å²) < 4.78 is 5.70. The van der Waals surface area contributed by atoms with Crippen LogP contribution in [0.1, 0.15) is 21.7 Å². The van der Waals surface area contributed by atoms with Crippen LogP contribution in [0.3, 0.4) is 0 Å². The maximum Gasteiger partial charge on any atom is 0.407 e. The molecule has 166 valence electrons. The zero-order valence-corrected chi connectivity index (χ0v) is 19.1. The van der Waals surface area contributed by atoms with Gasteiger partial charge in [0, 0.05) is 27.2 Å². The fraction of sp³-hybridized carbons (Fsp3) is 0.217. The molecule has 0 radical (unpaired) electrons. The number of nitrogens with zero attached hydrogens (tertiary/aromatic N) is 3. The number of aromatic amines is 1. The molecule has 1 amide bonds. The predicted octanol–water partition coefficient (Wildman–Crippen LogP) is 5.16. The van der Waals surface area contributed by atoms with Gasteiger partial charge in [-0.05, 0) is 48.1 Å². The number of hydrogen-bond donors (Lipinski definition) is 3. The van der Waals surface area contributed by atoms with Crippen molar-refractivity contribution in [1.82, 2.24) is 25.5 Å². The number of carbonyl (C=O) groups is 1. The highest BCUT2D eigenvalue weighted by molar-refractivity contribution is 7.19. The number of amides is 1. The largest absolute Gasteiger partial charge is 0.446 e. The van der Waals surface area contributed by atoms with Gasteiger partial charge in [0.1, 0.15) is 23.1 Å². The van der Waals surface area contributed by atoms with Crippen molar-refractivity contribution in [3.05, 3.63) is 63.6 Å². The number of benzene rings is 1. The molecule has 0 saturated carbocycles. The third-order valence-corrected chi connectivity index (χ3v) is 7.80. The van der Waals surface area contributed by atoms with Crippen molar-refractivity contribution in [2.75, 3.05) is 5.32 Å². The summed E-state index contributed by atoms with van der Waals surface area (Å²) in [6.07, 6.45) is 5.19. The molecular formula is C23H20N6O2S2. The van der Waals surface area contributed by atoms with Crippen molar-refractivity contribution in [1.29, 1.82) is 0 Å². The number of aromatic nitrogens is 4. The van der Waals surface area contributed by atoms with E-state index in [0.29, 0.717) is 13.0 Å². The predicted molar refractivity (Wildman–Crippen MR) is 130 cm³/mol. The Morgan fingerprint density at radius 1 is 1.27 bits per heavy atom. The molecule has 1 atom stereocenters. The van der Waals surface area contributed by atoms with E-state index in [-0.39, 0.29) is 12.2 Å². The maximum absolute atomic E-state index is 12.3. The smallest absolute Gasteiger partial charge is 0.407 e. The second kappa shape index (κ2) is 8.45. The van der Waals surface area contributed by atoms with Crippen molar-refractivity contribution in [2.45, 2.75) is 31.9 Å². The summed E-state index contributed by atoms with van der Waals surface area (Å²) in [6.45, 7) is 0.493. The molecular weight excluding hydrogens is 456 g/mol. The Balaban J connectivity index is 1.19. The highest BCUT2D eigenvalue weighted by atomic mass is 32.1. The number of rotatable bonds is 5. The van der Waals surface area contributed by atoms with E-state index in [9.17, 15) is 4.79 Å². The van der Waals surface area contributed by atoms with E-state index < -0.39 is 0 Å². The third-order valence-electron chi connectivity index (χ3n) is 5.76. The van der Waals surface area contributed by atoms with E-state index >= 15 is 0 Å². The fourth-order valence-corrected chi connectivity index (χ4v) is 6.09. The number of nitrogens with one attached hydrogen (secondary N) is 3. The number of thiophene rings is 2. The molecule has 1 aromatic carbocycles. The van der Waals surface area contributed by atoms with Crippen LogP contribution < -0.4 is 10.6 Å². The molecule has 0 saturated heterocycles. The first kappa shape index (κ1) is 20.1. The molecule has 4 aromatic heterocycles. The average molecular weight is 477 g/mol. The van der Waals surface area contributed by atoms with E-state index in [2.05, 4.69) is 30.8 Å². The molecule has 33 heavy (non-hydrogen) atoms. The van der Waals surface area contributed by atoms with Crippen LogP contribution in [0.5, 0.6) is 0 Å². The average Bonchev–Trinajstić information content (AvgIpc) is 3.56. The maximum atomic E-state index is 12.3. The van der Waals surface area contributed by atoms with E-state index in [4.69, 9.17) is 4.74 Å². The van der Waals surface area contributed by atoms with Gasteiger partial charge in [-0.25, -0.2) is 14.8 Å². The quantitative estimate of drug-likeness (QED) is 0.324. The van der Waals surface area contributed by atoms with Crippen molar-refractivity contribution in [3.63, 3.8) is 0 Å². The summed E-state index contributed by atoms with van der Waals surface area (Å²) in [4.78, 5) is 24.6. The Labute approximate surface area is 197 Å². The number of aryl methyl sites for hydroxylation is 1. The van der Waals surface area contributed by atoms with E-state index in [1.54, 1.807) is 35.2 Å². The van der Waals surface area contributed by atoms with E-state index in [1.807, 2.05) is 35.7 Å². The van der Waals surface area contributed by atoms with Gasteiger partial charge in [0.25, 0.3) is 0 Å². The molecule has 0 aliphatic heterocycles. The number of anilines is 2. The molecule has 10 heteroatoms. The van der Waals surface area contributed by atoms with Crippen molar-refractivity contribution >= 4 is 61.4 Å². The van der Waals surface area contributed by atoms with Gasteiger partial charge in [-0.3, -0.25) is 5.10 Å². The van der Waals surface area contributed by atoms with Gasteiger partial charge >= 0.3 is 6.09 Å². The minimum atomic E-state index is -0.366. The second-order valence-corrected chi connectivity index (χ2v) is 10.0. The van der Waals surface area contributed by atoms with E-state index in [1.165, 1.54) is 10.4 Å². The molecule has 6 rings (SSSR count). The molecule has 1 aliphatic carbocycles. The van der Waals surface area contributed by atoms with Crippen LogP contribution in [0, 0.1) is 0 Å². The minimum absolute atomic E-state index is 0.137. The summed E-state index contributed by atoms with van der Waals surface area (Å²) in [5.41, 5.74) is 3.19. The molecule has 1 unspecified atom stereocenters. The lowest BCUT2D eigenvalue weighted by molar-refractivity contribution is 0.0899. The number of fused-ring (bicyclic) bond motifs is 4. The van der Waals surface area contributed by atoms with Crippen molar-refractivity contribution < 1.29 is 9.53 Å². The number of hydrogen-bond acceptors (Lipinski definition) is 8. The second-order valence-electron chi connectivity index (χ2n) is 7.91. The lowest BCUT2D eigenvalue weighted by Gasteiger charge is -2.22. The van der Waals surface area contributed by atoms with Crippen molar-refractivity contribution in [3.8, 4) is 0 Å². The summed E-state index contributed by atoms with van der Waals surface area (Å²) in [7, 11) is 0. The van der Waals surface area contributed by atoms with Gasteiger partial charge in [-0.1, -0.05) is 6.07 Å². The van der Waals surface area contributed by atoms with Gasteiger partial charge in [0.15, 0.2) is 0 Å². The van der Waals surface area contributed by atoms with Gasteiger partial charge in [0.05, 0.1) is 23.6 Å². The van der Waals surface area contributed by atoms with Crippen LogP contribution in [0.4, 0.5) is 16.3 Å². The Hall–Kier alpha value is -3.50. The Bertz CT molecular complexity index is 1440. The number of carbonyl (C=O) groups excluding carboxylic acids is 1. The Kier molecular flexibility index (Phi) is 5.16. The normalized spacial score (nSPS) is 15.5. The lowest BCUT2D eigenvalue weighted by atomic mass is 9.94. The zero-order valence-electron chi connectivity index (χ0n) is 17.5.